The number of benzene rings is 1. The predicted octanol–water partition coefficient (Wildman–Crippen LogP) is 2.86. The minimum absolute atomic E-state index is 0.00382. The van der Waals surface area contributed by atoms with Crippen molar-refractivity contribution in [2.24, 2.45) is 5.73 Å². The highest BCUT2D eigenvalue weighted by molar-refractivity contribution is 8.00. The number of carbonyl (C=O) groups is 1. The summed E-state index contributed by atoms with van der Waals surface area (Å²) in [5.41, 5.74) is 5.87. The van der Waals surface area contributed by atoms with Crippen LogP contribution >= 0.6 is 23.4 Å². The molecule has 0 radical (unpaired) electrons. The molecule has 1 heterocycles. The van der Waals surface area contributed by atoms with Gasteiger partial charge < -0.3 is 15.2 Å². The monoisotopic (exact) mass is 400 g/mol. The first-order chi connectivity index (χ1) is 12.9. The van der Waals surface area contributed by atoms with Crippen molar-refractivity contribution in [1.82, 2.24) is 0 Å². The number of nitrogens with two attached hydrogens (primary N) is 1. The third-order valence-electron chi connectivity index (χ3n) is 3.59. The van der Waals surface area contributed by atoms with E-state index >= 15 is 0 Å². The molecule has 136 valence electrons. The number of rotatable bonds is 5. The Balaban J connectivity index is 2.69. The van der Waals surface area contributed by atoms with Crippen molar-refractivity contribution in [2.75, 3.05) is 12.4 Å². The lowest BCUT2D eigenvalue weighted by atomic mass is 9.93. The second-order valence-corrected chi connectivity index (χ2v) is 6.73. The van der Waals surface area contributed by atoms with Crippen molar-refractivity contribution in [3.8, 4) is 18.2 Å². The van der Waals surface area contributed by atoms with E-state index in [9.17, 15) is 20.6 Å². The molecule has 9 heteroatoms. The Morgan fingerprint density at radius 2 is 1.93 bits per heavy atom. The van der Waals surface area contributed by atoms with Crippen LogP contribution in [0.5, 0.6) is 0 Å². The molecular formula is C18H13ClN4O3S. The minimum Gasteiger partial charge on any atom is -0.465 e. The second-order valence-electron chi connectivity index (χ2n) is 5.14. The number of thioether (sulfide) groups is 1. The Labute approximate surface area is 165 Å². The van der Waals surface area contributed by atoms with Crippen LogP contribution in [0.25, 0.3) is 0 Å². The van der Waals surface area contributed by atoms with Crippen LogP contribution in [-0.4, -0.2) is 18.3 Å². The smallest absolute Gasteiger partial charge is 0.316 e. The fourth-order valence-electron chi connectivity index (χ4n) is 2.50. The number of nitrogens with zero attached hydrogens (tertiary/aromatic N) is 3. The molecular weight excluding hydrogens is 388 g/mol. The molecule has 0 saturated heterocycles. The van der Waals surface area contributed by atoms with Gasteiger partial charge in [0.05, 0.1) is 17.9 Å². The van der Waals surface area contributed by atoms with Gasteiger partial charge in [0.15, 0.2) is 0 Å². The molecule has 0 bridgehead atoms. The molecule has 0 aromatic heterocycles. The number of nitriles is 3. The molecule has 1 aromatic rings. The lowest BCUT2D eigenvalue weighted by Crippen LogP contribution is -2.28. The number of ether oxygens (including phenoxy) is 2. The third-order valence-corrected chi connectivity index (χ3v) is 5.15. The number of esters is 1. The zero-order chi connectivity index (χ0) is 20.0. The fourth-order valence-corrected chi connectivity index (χ4v) is 3.83. The first kappa shape index (κ1) is 20.2. The van der Waals surface area contributed by atoms with E-state index in [1.807, 2.05) is 6.07 Å². The number of hydrogen-bond donors (Lipinski definition) is 1. The van der Waals surface area contributed by atoms with Gasteiger partial charge in [-0.15, -0.1) is 0 Å². The predicted molar refractivity (Wildman–Crippen MR) is 98.4 cm³/mol. The van der Waals surface area contributed by atoms with E-state index in [4.69, 9.17) is 26.8 Å². The van der Waals surface area contributed by atoms with Crippen LogP contribution in [0.2, 0.25) is 5.02 Å². The number of carbonyl (C=O) groups excluding carboxylic acids is 1. The quantitative estimate of drug-likeness (QED) is 0.589. The Bertz CT molecular complexity index is 935. The minimum atomic E-state index is -1.53. The number of halogens is 1. The molecule has 0 unspecified atom stereocenters. The lowest BCUT2D eigenvalue weighted by Gasteiger charge is -2.30. The largest absolute Gasteiger partial charge is 0.465 e. The molecule has 2 N–H and O–H groups in total. The van der Waals surface area contributed by atoms with E-state index in [1.165, 1.54) is 0 Å². The first-order valence-corrected chi connectivity index (χ1v) is 8.99. The van der Waals surface area contributed by atoms with Crippen molar-refractivity contribution in [1.29, 1.82) is 15.8 Å². The average Bonchev–Trinajstić information content (AvgIpc) is 2.94. The zero-order valence-corrected chi connectivity index (χ0v) is 15.7. The van der Waals surface area contributed by atoms with Crippen LogP contribution in [0.1, 0.15) is 12.5 Å². The third kappa shape index (κ3) is 3.85. The Morgan fingerprint density at radius 1 is 1.30 bits per heavy atom. The van der Waals surface area contributed by atoms with Crippen molar-refractivity contribution in [3.05, 3.63) is 57.5 Å². The maximum absolute atomic E-state index is 11.9. The highest BCUT2D eigenvalue weighted by Crippen LogP contribution is 2.53. The van der Waals surface area contributed by atoms with Crippen molar-refractivity contribution in [2.45, 2.75) is 11.9 Å². The van der Waals surface area contributed by atoms with Crippen molar-refractivity contribution in [3.63, 3.8) is 0 Å². The zero-order valence-electron chi connectivity index (χ0n) is 14.2. The van der Waals surface area contributed by atoms with Gasteiger partial charge in [-0.3, -0.25) is 4.79 Å². The first-order valence-electron chi connectivity index (χ1n) is 7.63. The molecule has 0 fully saturated rings. The van der Waals surface area contributed by atoms with Gasteiger partial charge in [-0.05, 0) is 19.1 Å². The van der Waals surface area contributed by atoms with Gasteiger partial charge >= 0.3 is 5.97 Å². The Morgan fingerprint density at radius 3 is 2.44 bits per heavy atom. The molecule has 27 heavy (non-hydrogen) atoms. The molecule has 1 atom stereocenters. The molecule has 0 aliphatic carbocycles. The van der Waals surface area contributed by atoms with E-state index in [1.54, 1.807) is 43.3 Å². The van der Waals surface area contributed by atoms with Gasteiger partial charge in [0.25, 0.3) is 0 Å². The van der Waals surface area contributed by atoms with Crippen LogP contribution in [0.4, 0.5) is 0 Å². The van der Waals surface area contributed by atoms with Crippen LogP contribution in [0.15, 0.2) is 46.9 Å². The van der Waals surface area contributed by atoms with Gasteiger partial charge in [-0.2, -0.15) is 15.8 Å². The van der Waals surface area contributed by atoms with E-state index in [0.29, 0.717) is 10.6 Å². The molecule has 1 aliphatic rings. The molecule has 1 aliphatic heterocycles. The maximum Gasteiger partial charge on any atom is 0.316 e. The highest BCUT2D eigenvalue weighted by atomic mass is 35.5. The molecule has 2 rings (SSSR count). The van der Waals surface area contributed by atoms with Crippen molar-refractivity contribution < 1.29 is 14.3 Å². The summed E-state index contributed by atoms with van der Waals surface area (Å²) in [6.45, 7) is 1.87. The summed E-state index contributed by atoms with van der Waals surface area (Å²) >= 11 is 6.90. The fraction of sp³-hybridized carbons (Fsp3) is 0.222. The van der Waals surface area contributed by atoms with E-state index in [-0.39, 0.29) is 35.0 Å². The summed E-state index contributed by atoms with van der Waals surface area (Å²) in [6.07, 6.45) is 0. The molecule has 0 amide bonds. The van der Waals surface area contributed by atoms with Crippen LogP contribution in [-0.2, 0) is 19.2 Å². The summed E-state index contributed by atoms with van der Waals surface area (Å²) < 4.78 is 10.7. The molecule has 1 aromatic carbocycles. The summed E-state index contributed by atoms with van der Waals surface area (Å²) in [4.78, 5) is 10.4. The van der Waals surface area contributed by atoms with E-state index in [2.05, 4.69) is 0 Å². The molecule has 7 nitrogen and oxygen atoms in total. The van der Waals surface area contributed by atoms with Crippen LogP contribution < -0.4 is 5.73 Å². The number of hydrogen-bond acceptors (Lipinski definition) is 8. The van der Waals surface area contributed by atoms with E-state index < -0.39 is 10.9 Å². The lowest BCUT2D eigenvalue weighted by molar-refractivity contribution is -0.139. The summed E-state index contributed by atoms with van der Waals surface area (Å²) in [7, 11) is 0. The SMILES string of the molecule is CCOC(=O)CS[C@]1(c2ccc(Cl)cc2)OC(N)=C(C#N)C1=C(C#N)C#N. The van der Waals surface area contributed by atoms with E-state index in [0.717, 1.165) is 11.8 Å². The molecule has 0 saturated carbocycles. The normalized spacial score (nSPS) is 18.1. The maximum atomic E-state index is 11.9. The Kier molecular flexibility index (Phi) is 6.36. The second kappa shape index (κ2) is 8.51. The summed E-state index contributed by atoms with van der Waals surface area (Å²) in [5.74, 6) is -0.907. The molecule has 0 spiro atoms. The highest BCUT2D eigenvalue weighted by Gasteiger charge is 2.50. The summed E-state index contributed by atoms with van der Waals surface area (Å²) in [5, 5.41) is 28.7. The van der Waals surface area contributed by atoms with Gasteiger partial charge in [0.1, 0.15) is 29.4 Å². The van der Waals surface area contributed by atoms with Crippen LogP contribution in [0.3, 0.4) is 0 Å². The topological polar surface area (TPSA) is 133 Å². The van der Waals surface area contributed by atoms with Crippen molar-refractivity contribution >= 4 is 29.3 Å². The summed E-state index contributed by atoms with van der Waals surface area (Å²) in [6, 6.07) is 11.8. The van der Waals surface area contributed by atoms with Gasteiger partial charge in [-0.25, -0.2) is 0 Å². The van der Waals surface area contributed by atoms with Gasteiger partial charge in [0.2, 0.25) is 10.8 Å². The van der Waals surface area contributed by atoms with Gasteiger partial charge in [-0.1, -0.05) is 35.5 Å². The Hall–Kier alpha value is -3.12. The number of allylic oxidation sites excluding steroid dienone is 1. The standard InChI is InChI=1S/C18H13ClN4O3S/c1-2-25-15(24)10-27-18(12-3-5-13(19)6-4-12)16(11(7-20)8-21)14(9-22)17(23)26-18/h3-6H,2,10,23H2,1H3/t18-/m0/s1. The average molecular weight is 401 g/mol. The van der Waals surface area contributed by atoms with Gasteiger partial charge in [0, 0.05) is 10.6 Å². The van der Waals surface area contributed by atoms with Crippen LogP contribution in [0, 0.1) is 34.0 Å².